The molecule has 7 heteroatoms. The zero-order valence-corrected chi connectivity index (χ0v) is 20.0. The third-order valence-electron chi connectivity index (χ3n) is 5.29. The summed E-state index contributed by atoms with van der Waals surface area (Å²) in [5.74, 6) is -0.216. The van der Waals surface area contributed by atoms with E-state index in [9.17, 15) is 13.2 Å². The van der Waals surface area contributed by atoms with Crippen molar-refractivity contribution in [3.63, 3.8) is 0 Å². The molecule has 0 heterocycles. The van der Waals surface area contributed by atoms with Gasteiger partial charge in [0.1, 0.15) is 0 Å². The van der Waals surface area contributed by atoms with Crippen LogP contribution >= 0.6 is 11.6 Å². The molecule has 0 saturated heterocycles. The summed E-state index contributed by atoms with van der Waals surface area (Å²) in [4.78, 5) is 12.7. The van der Waals surface area contributed by atoms with E-state index in [-0.39, 0.29) is 18.5 Å². The Bertz CT molecular complexity index is 1160. The Kier molecular flexibility index (Phi) is 7.59. The number of rotatable bonds is 8. The Morgan fingerprint density at radius 2 is 1.50 bits per heavy atom. The Balaban J connectivity index is 1.73. The smallest absolute Gasteiger partial charge is 0.251 e. The van der Waals surface area contributed by atoms with Crippen molar-refractivity contribution in [1.29, 1.82) is 0 Å². The molecule has 5 nitrogen and oxygen atoms in total. The molecule has 1 atom stereocenters. The van der Waals surface area contributed by atoms with Crippen molar-refractivity contribution < 1.29 is 13.2 Å². The van der Waals surface area contributed by atoms with Crippen LogP contribution in [-0.2, 0) is 23.0 Å². The highest BCUT2D eigenvalue weighted by molar-refractivity contribution is 7.92. The van der Waals surface area contributed by atoms with Crippen LogP contribution < -0.4 is 9.62 Å². The molecule has 0 fully saturated rings. The molecule has 32 heavy (non-hydrogen) atoms. The van der Waals surface area contributed by atoms with Gasteiger partial charge in [-0.2, -0.15) is 0 Å². The molecule has 1 amide bonds. The summed E-state index contributed by atoms with van der Waals surface area (Å²) < 4.78 is 26.1. The molecule has 0 spiro atoms. The van der Waals surface area contributed by atoms with Crippen molar-refractivity contribution in [1.82, 2.24) is 5.32 Å². The summed E-state index contributed by atoms with van der Waals surface area (Å²) in [5, 5.41) is 3.58. The van der Waals surface area contributed by atoms with Gasteiger partial charge >= 0.3 is 0 Å². The minimum atomic E-state index is -3.52. The highest BCUT2D eigenvalue weighted by atomic mass is 35.5. The van der Waals surface area contributed by atoms with Gasteiger partial charge in [0.2, 0.25) is 10.0 Å². The monoisotopic (exact) mass is 470 g/mol. The van der Waals surface area contributed by atoms with Crippen LogP contribution in [0.4, 0.5) is 5.69 Å². The first-order valence-electron chi connectivity index (χ1n) is 10.4. The van der Waals surface area contributed by atoms with E-state index in [1.165, 1.54) is 9.87 Å². The van der Waals surface area contributed by atoms with Crippen molar-refractivity contribution in [3.8, 4) is 0 Å². The molecule has 1 N–H and O–H groups in total. The molecule has 0 aromatic heterocycles. The minimum absolute atomic E-state index is 0.148. The van der Waals surface area contributed by atoms with E-state index in [4.69, 9.17) is 11.6 Å². The average Bonchev–Trinajstić information content (AvgIpc) is 2.78. The molecular weight excluding hydrogens is 444 g/mol. The van der Waals surface area contributed by atoms with Gasteiger partial charge in [-0.05, 0) is 66.4 Å². The molecule has 3 rings (SSSR count). The highest BCUT2D eigenvalue weighted by Crippen LogP contribution is 2.23. The molecule has 1 unspecified atom stereocenters. The Labute approximate surface area is 195 Å². The standard InChI is InChI=1S/C25H27ClN2O3S/c1-4-19-5-9-21(10-6-19)18(2)27-25(29)22-11-15-24(16-12-22)28(32(3,30)31)17-20-7-13-23(26)14-8-20/h5-16,18H,4,17H2,1-3H3,(H,27,29). The van der Waals surface area contributed by atoms with Crippen LogP contribution in [0.3, 0.4) is 0 Å². The largest absolute Gasteiger partial charge is 0.346 e. The van der Waals surface area contributed by atoms with E-state index < -0.39 is 10.0 Å². The minimum Gasteiger partial charge on any atom is -0.346 e. The first kappa shape index (κ1) is 23.8. The second-order valence-electron chi connectivity index (χ2n) is 7.73. The summed E-state index contributed by atoms with van der Waals surface area (Å²) in [5.41, 5.74) is 4.03. The number of sulfonamides is 1. The van der Waals surface area contributed by atoms with Crippen LogP contribution in [0.5, 0.6) is 0 Å². The van der Waals surface area contributed by atoms with E-state index in [1.54, 1.807) is 48.5 Å². The van der Waals surface area contributed by atoms with Crippen LogP contribution in [0.1, 0.15) is 46.9 Å². The molecule has 0 aliphatic carbocycles. The third-order valence-corrected chi connectivity index (χ3v) is 6.69. The van der Waals surface area contributed by atoms with Crippen LogP contribution in [0, 0.1) is 0 Å². The fourth-order valence-corrected chi connectivity index (χ4v) is 4.35. The van der Waals surface area contributed by atoms with E-state index in [0.717, 1.165) is 23.8 Å². The maximum Gasteiger partial charge on any atom is 0.251 e. The van der Waals surface area contributed by atoms with Crippen molar-refractivity contribution in [3.05, 3.63) is 100 Å². The second-order valence-corrected chi connectivity index (χ2v) is 10.1. The van der Waals surface area contributed by atoms with E-state index >= 15 is 0 Å². The SMILES string of the molecule is CCc1ccc(C(C)NC(=O)c2ccc(N(Cc3ccc(Cl)cc3)S(C)(=O)=O)cc2)cc1. The Hall–Kier alpha value is -2.83. The number of nitrogens with one attached hydrogen (secondary N) is 1. The number of benzene rings is 3. The van der Waals surface area contributed by atoms with Crippen LogP contribution in [0.15, 0.2) is 72.8 Å². The first-order valence-corrected chi connectivity index (χ1v) is 12.6. The molecule has 3 aromatic carbocycles. The summed E-state index contributed by atoms with van der Waals surface area (Å²) in [6.07, 6.45) is 2.13. The van der Waals surface area contributed by atoms with Gasteiger partial charge < -0.3 is 5.32 Å². The number of carbonyl (C=O) groups is 1. The fourth-order valence-electron chi connectivity index (χ4n) is 3.34. The molecule has 3 aromatic rings. The maximum atomic E-state index is 12.7. The number of hydrogen-bond donors (Lipinski definition) is 1. The molecular formula is C25H27ClN2O3S. The van der Waals surface area contributed by atoms with Gasteiger partial charge in [0, 0.05) is 10.6 Å². The van der Waals surface area contributed by atoms with Gasteiger partial charge in [0.15, 0.2) is 0 Å². The molecule has 0 aliphatic heterocycles. The number of halogens is 1. The van der Waals surface area contributed by atoms with Crippen molar-refractivity contribution in [2.45, 2.75) is 32.9 Å². The van der Waals surface area contributed by atoms with E-state index in [0.29, 0.717) is 16.3 Å². The van der Waals surface area contributed by atoms with Crippen molar-refractivity contribution >= 4 is 33.2 Å². The highest BCUT2D eigenvalue weighted by Gasteiger charge is 2.19. The van der Waals surface area contributed by atoms with Crippen molar-refractivity contribution in [2.75, 3.05) is 10.6 Å². The predicted molar refractivity (Wildman–Crippen MR) is 131 cm³/mol. The summed E-state index contributed by atoms with van der Waals surface area (Å²) in [6.45, 7) is 4.21. The topological polar surface area (TPSA) is 66.5 Å². The molecule has 168 valence electrons. The van der Waals surface area contributed by atoms with Crippen LogP contribution in [0.2, 0.25) is 5.02 Å². The maximum absolute atomic E-state index is 12.7. The molecule has 0 bridgehead atoms. The van der Waals surface area contributed by atoms with E-state index in [2.05, 4.69) is 24.4 Å². The number of amides is 1. The lowest BCUT2D eigenvalue weighted by Gasteiger charge is -2.23. The summed E-state index contributed by atoms with van der Waals surface area (Å²) in [6, 6.07) is 21.6. The lowest BCUT2D eigenvalue weighted by molar-refractivity contribution is 0.0940. The lowest BCUT2D eigenvalue weighted by atomic mass is 10.0. The number of carbonyl (C=O) groups excluding carboxylic acids is 1. The molecule has 0 aliphatic rings. The van der Waals surface area contributed by atoms with Crippen LogP contribution in [0.25, 0.3) is 0 Å². The van der Waals surface area contributed by atoms with Crippen LogP contribution in [-0.4, -0.2) is 20.6 Å². The predicted octanol–water partition coefficient (Wildman–Crippen LogP) is 5.36. The van der Waals surface area contributed by atoms with Gasteiger partial charge in [0.25, 0.3) is 5.91 Å². The molecule has 0 radical (unpaired) electrons. The van der Waals surface area contributed by atoms with Gasteiger partial charge in [-0.3, -0.25) is 9.10 Å². The zero-order valence-electron chi connectivity index (χ0n) is 18.4. The van der Waals surface area contributed by atoms with Gasteiger partial charge in [-0.1, -0.05) is 54.9 Å². The zero-order chi connectivity index (χ0) is 23.3. The Morgan fingerprint density at radius 1 is 0.938 bits per heavy atom. The van der Waals surface area contributed by atoms with E-state index in [1.807, 2.05) is 19.1 Å². The first-order chi connectivity index (χ1) is 15.2. The normalized spacial score (nSPS) is 12.2. The number of aryl methyl sites for hydroxylation is 1. The average molecular weight is 471 g/mol. The van der Waals surface area contributed by atoms with Gasteiger partial charge in [0.05, 0.1) is 24.5 Å². The second kappa shape index (κ2) is 10.2. The Morgan fingerprint density at radius 3 is 2.03 bits per heavy atom. The number of hydrogen-bond acceptors (Lipinski definition) is 3. The van der Waals surface area contributed by atoms with Gasteiger partial charge in [-0.25, -0.2) is 8.42 Å². The molecule has 0 saturated carbocycles. The quantitative estimate of drug-likeness (QED) is 0.482. The van der Waals surface area contributed by atoms with Gasteiger partial charge in [-0.15, -0.1) is 0 Å². The summed E-state index contributed by atoms with van der Waals surface area (Å²) in [7, 11) is -3.52. The van der Waals surface area contributed by atoms with Crippen molar-refractivity contribution in [2.24, 2.45) is 0 Å². The summed E-state index contributed by atoms with van der Waals surface area (Å²) >= 11 is 5.92. The third kappa shape index (κ3) is 6.11. The fraction of sp³-hybridized carbons (Fsp3) is 0.240. The number of nitrogens with zero attached hydrogens (tertiary/aromatic N) is 1. The number of anilines is 1. The lowest BCUT2D eigenvalue weighted by Crippen LogP contribution is -2.29.